The molecule has 0 saturated carbocycles. The van der Waals surface area contributed by atoms with Crippen LogP contribution in [0.1, 0.15) is 22.3 Å². The van der Waals surface area contributed by atoms with E-state index in [0.717, 1.165) is 28.9 Å². The highest BCUT2D eigenvalue weighted by Gasteiger charge is 2.71. The zero-order valence-corrected chi connectivity index (χ0v) is 16.1. The monoisotopic (exact) mass is 444 g/mol. The molecule has 0 fully saturated rings. The Hall–Kier alpha value is -3.01. The van der Waals surface area contributed by atoms with Gasteiger partial charge in [-0.1, -0.05) is 30.3 Å². The summed E-state index contributed by atoms with van der Waals surface area (Å²) in [6, 6.07) is 9.26. The molecule has 1 aliphatic rings. The molecular formula is C21H20F6N3O+. The Morgan fingerprint density at radius 1 is 1.03 bits per heavy atom. The number of allylic oxidation sites excluding steroid dienone is 1. The van der Waals surface area contributed by atoms with Crippen LogP contribution in [-0.2, 0) is 18.6 Å². The van der Waals surface area contributed by atoms with Crippen molar-refractivity contribution in [1.82, 2.24) is 0 Å². The van der Waals surface area contributed by atoms with Crippen molar-refractivity contribution in [2.45, 2.75) is 30.9 Å². The maximum atomic E-state index is 13.0. The number of hydrogen-bond acceptors (Lipinski definition) is 3. The smallest absolute Gasteiger partial charge is 0.404 e. The number of alkyl halides is 6. The predicted molar refractivity (Wildman–Crippen MR) is 104 cm³/mol. The van der Waals surface area contributed by atoms with Crippen LogP contribution in [0.2, 0.25) is 0 Å². The molecule has 5 N–H and O–H groups in total. The molecule has 0 radical (unpaired) electrons. The Labute approximate surface area is 174 Å². The maximum Gasteiger partial charge on any atom is 0.430 e. The van der Waals surface area contributed by atoms with E-state index in [1.54, 1.807) is 0 Å². The van der Waals surface area contributed by atoms with E-state index < -0.39 is 23.5 Å². The molecule has 0 spiro atoms. The number of aliphatic hydroxyl groups is 1. The van der Waals surface area contributed by atoms with E-state index in [0.29, 0.717) is 36.2 Å². The number of nitrogens with two attached hydrogens (primary N) is 2. The van der Waals surface area contributed by atoms with Crippen LogP contribution in [0.4, 0.5) is 32.0 Å². The van der Waals surface area contributed by atoms with Gasteiger partial charge < -0.3 is 15.7 Å². The van der Waals surface area contributed by atoms with Crippen LogP contribution in [0.15, 0.2) is 48.7 Å². The fourth-order valence-corrected chi connectivity index (χ4v) is 3.62. The number of benzene rings is 2. The maximum absolute atomic E-state index is 13.0. The lowest BCUT2D eigenvalue weighted by molar-refractivity contribution is -0.376. The molecule has 0 aromatic heterocycles. The summed E-state index contributed by atoms with van der Waals surface area (Å²) in [6.07, 6.45) is -8.32. The van der Waals surface area contributed by atoms with Gasteiger partial charge in [-0.3, -0.25) is 5.41 Å². The van der Waals surface area contributed by atoms with E-state index in [9.17, 15) is 31.4 Å². The molecule has 0 atom stereocenters. The lowest BCUT2D eigenvalue weighted by atomic mass is 9.91. The highest BCUT2D eigenvalue weighted by molar-refractivity contribution is 6.06. The highest BCUT2D eigenvalue weighted by Crippen LogP contribution is 2.50. The average molecular weight is 444 g/mol. The van der Waals surface area contributed by atoms with Crippen LogP contribution in [0, 0.1) is 0 Å². The van der Waals surface area contributed by atoms with Crippen LogP contribution in [0.3, 0.4) is 0 Å². The Kier molecular flexibility index (Phi) is 5.79. The summed E-state index contributed by atoms with van der Waals surface area (Å²) in [6.45, 7) is 0.912. The third-order valence-electron chi connectivity index (χ3n) is 5.33. The lowest BCUT2D eigenvalue weighted by Gasteiger charge is -2.32. The molecule has 10 heteroatoms. The van der Waals surface area contributed by atoms with Crippen LogP contribution in [-0.4, -0.2) is 30.2 Å². The number of hydrogen-bond donors (Lipinski definition) is 3. The third kappa shape index (κ3) is 3.99. The van der Waals surface area contributed by atoms with Crippen molar-refractivity contribution in [3.63, 3.8) is 0 Å². The summed E-state index contributed by atoms with van der Waals surface area (Å²) in [5.41, 5.74) is 3.28. The topological polar surface area (TPSA) is 75.1 Å². The molecule has 166 valence electrons. The van der Waals surface area contributed by atoms with Gasteiger partial charge in [-0.25, -0.2) is 0 Å². The first-order chi connectivity index (χ1) is 14.4. The largest absolute Gasteiger partial charge is 0.430 e. The first-order valence-corrected chi connectivity index (χ1v) is 9.22. The molecule has 31 heavy (non-hydrogen) atoms. The molecule has 3 rings (SSSR count). The lowest BCUT2D eigenvalue weighted by Crippen LogP contribution is -2.53. The molecule has 2 aromatic rings. The van der Waals surface area contributed by atoms with Crippen molar-refractivity contribution in [3.05, 3.63) is 70.9 Å². The van der Waals surface area contributed by atoms with Gasteiger partial charge in [-0.05, 0) is 35.2 Å². The van der Waals surface area contributed by atoms with Crippen molar-refractivity contribution in [2.75, 3.05) is 11.4 Å². The standard InChI is InChI=1S/C21H19F6N3O/c22-20(23,24)19(31,21(25,26)27)17-4-1-13(2-5-17)12-30-8-7-15-9-14(3-6-18(15)30)16(10-28)11-29/h1-6,9-11,28,31H,7-8,12,29H2/p+1. The number of anilines is 1. The Morgan fingerprint density at radius 3 is 2.16 bits per heavy atom. The van der Waals surface area contributed by atoms with Crippen molar-refractivity contribution >= 4 is 17.5 Å². The van der Waals surface area contributed by atoms with Gasteiger partial charge in [-0.2, -0.15) is 26.3 Å². The van der Waals surface area contributed by atoms with Gasteiger partial charge in [0.1, 0.15) is 0 Å². The molecule has 1 aliphatic heterocycles. The van der Waals surface area contributed by atoms with Gasteiger partial charge in [0, 0.05) is 30.5 Å². The molecule has 0 amide bonds. The predicted octanol–water partition coefficient (Wildman–Crippen LogP) is 2.69. The van der Waals surface area contributed by atoms with Crippen LogP contribution < -0.4 is 16.0 Å². The molecule has 1 heterocycles. The molecule has 0 saturated heterocycles. The van der Waals surface area contributed by atoms with E-state index in [4.69, 9.17) is 11.1 Å². The molecule has 2 aromatic carbocycles. The zero-order valence-electron chi connectivity index (χ0n) is 16.1. The number of fused-ring (bicyclic) bond motifs is 1. The van der Waals surface area contributed by atoms with Crippen molar-refractivity contribution in [3.8, 4) is 0 Å². The number of rotatable bonds is 5. The second-order valence-corrected chi connectivity index (χ2v) is 7.21. The summed E-state index contributed by atoms with van der Waals surface area (Å²) in [5.74, 6) is 0. The summed E-state index contributed by atoms with van der Waals surface area (Å²) in [4.78, 5) is 1.96. The Bertz CT molecular complexity index is 982. The molecular weight excluding hydrogens is 424 g/mol. The van der Waals surface area contributed by atoms with Crippen molar-refractivity contribution < 1.29 is 36.9 Å². The molecule has 0 bridgehead atoms. The highest BCUT2D eigenvalue weighted by atomic mass is 19.4. The fourth-order valence-electron chi connectivity index (χ4n) is 3.62. The second-order valence-electron chi connectivity index (χ2n) is 7.21. The van der Waals surface area contributed by atoms with Gasteiger partial charge in [0.05, 0.1) is 5.57 Å². The van der Waals surface area contributed by atoms with Gasteiger partial charge in [0.2, 0.25) is 0 Å². The number of nitrogens with zero attached hydrogens (tertiary/aromatic N) is 1. The summed E-state index contributed by atoms with van der Waals surface area (Å²) in [5, 5.41) is 15.0. The van der Waals surface area contributed by atoms with Gasteiger partial charge in [0.25, 0.3) is 5.60 Å². The fraction of sp³-hybridized carbons (Fsp3) is 0.286. The summed E-state index contributed by atoms with van der Waals surface area (Å²) < 4.78 is 78.1. The van der Waals surface area contributed by atoms with Crippen molar-refractivity contribution in [1.29, 1.82) is 0 Å². The minimum Gasteiger partial charge on any atom is -0.404 e. The Balaban J connectivity index is 1.83. The van der Waals surface area contributed by atoms with Crippen LogP contribution >= 0.6 is 0 Å². The van der Waals surface area contributed by atoms with E-state index in [2.05, 4.69) is 0 Å². The van der Waals surface area contributed by atoms with Gasteiger partial charge in [-0.15, -0.1) is 0 Å². The first-order valence-electron chi connectivity index (χ1n) is 9.22. The minimum absolute atomic E-state index is 0.283. The summed E-state index contributed by atoms with van der Waals surface area (Å²) >= 11 is 0. The average Bonchev–Trinajstić information content (AvgIpc) is 3.09. The second kappa shape index (κ2) is 7.92. The SMILES string of the molecule is NC=C(C=[NH2+])c1ccc2c(c1)CCN2Cc1ccc(C(O)(C(F)(F)F)C(F)(F)F)cc1. The number of halogens is 6. The van der Waals surface area contributed by atoms with E-state index in [-0.39, 0.29) is 6.54 Å². The molecule has 4 nitrogen and oxygen atoms in total. The van der Waals surface area contributed by atoms with E-state index in [1.807, 2.05) is 23.1 Å². The van der Waals surface area contributed by atoms with E-state index >= 15 is 0 Å². The van der Waals surface area contributed by atoms with Crippen LogP contribution in [0.25, 0.3) is 5.57 Å². The van der Waals surface area contributed by atoms with Crippen molar-refractivity contribution in [2.24, 2.45) is 5.73 Å². The van der Waals surface area contributed by atoms with E-state index in [1.165, 1.54) is 12.4 Å². The van der Waals surface area contributed by atoms with Crippen LogP contribution in [0.5, 0.6) is 0 Å². The first kappa shape index (κ1) is 22.7. The zero-order chi connectivity index (χ0) is 23.0. The third-order valence-corrected chi connectivity index (χ3v) is 5.33. The normalized spacial score (nSPS) is 15.2. The molecule has 0 aliphatic carbocycles. The van der Waals surface area contributed by atoms with Gasteiger partial charge >= 0.3 is 12.4 Å². The summed E-state index contributed by atoms with van der Waals surface area (Å²) in [7, 11) is 0. The minimum atomic E-state index is -5.91. The Morgan fingerprint density at radius 2 is 1.65 bits per heavy atom. The molecule has 0 unspecified atom stereocenters. The quantitative estimate of drug-likeness (QED) is 0.491. The van der Waals surface area contributed by atoms with Gasteiger partial charge in [0.15, 0.2) is 6.21 Å².